The lowest BCUT2D eigenvalue weighted by molar-refractivity contribution is 0.102. The van der Waals surface area contributed by atoms with E-state index in [2.05, 4.69) is 5.32 Å². The summed E-state index contributed by atoms with van der Waals surface area (Å²) in [6, 6.07) is 14.2. The summed E-state index contributed by atoms with van der Waals surface area (Å²) in [7, 11) is 1.66. The molecule has 0 spiro atoms. The molecular formula is C19H25ClN2O4. The van der Waals surface area contributed by atoms with Crippen LogP contribution in [-0.2, 0) is 4.74 Å². The van der Waals surface area contributed by atoms with E-state index in [9.17, 15) is 4.79 Å². The minimum absolute atomic E-state index is 0. The molecule has 0 aliphatic rings. The average molecular weight is 381 g/mol. The summed E-state index contributed by atoms with van der Waals surface area (Å²) >= 11 is 0. The van der Waals surface area contributed by atoms with Gasteiger partial charge in [-0.15, -0.1) is 12.4 Å². The Bertz CT molecular complexity index is 648. The Hall–Kier alpha value is -2.28. The van der Waals surface area contributed by atoms with Crippen LogP contribution in [0.1, 0.15) is 16.8 Å². The van der Waals surface area contributed by atoms with Crippen molar-refractivity contribution in [1.82, 2.24) is 0 Å². The fraction of sp³-hybridized carbons (Fsp3) is 0.316. The molecule has 0 saturated heterocycles. The Morgan fingerprint density at radius 2 is 1.50 bits per heavy atom. The van der Waals surface area contributed by atoms with E-state index >= 15 is 0 Å². The molecule has 0 radical (unpaired) electrons. The van der Waals surface area contributed by atoms with Crippen molar-refractivity contribution in [2.75, 3.05) is 38.8 Å². The van der Waals surface area contributed by atoms with Crippen molar-refractivity contribution >= 4 is 24.0 Å². The number of nitrogens with two attached hydrogens (primary N) is 1. The monoisotopic (exact) mass is 380 g/mol. The van der Waals surface area contributed by atoms with E-state index in [0.29, 0.717) is 37.6 Å². The Labute approximate surface area is 160 Å². The van der Waals surface area contributed by atoms with Gasteiger partial charge in [0.15, 0.2) is 0 Å². The minimum Gasteiger partial charge on any atom is -0.494 e. The van der Waals surface area contributed by atoms with Gasteiger partial charge >= 0.3 is 0 Å². The zero-order valence-corrected chi connectivity index (χ0v) is 15.6. The van der Waals surface area contributed by atoms with Crippen LogP contribution in [0.3, 0.4) is 0 Å². The Kier molecular flexibility index (Phi) is 10.2. The summed E-state index contributed by atoms with van der Waals surface area (Å²) in [6.45, 7) is 2.17. The van der Waals surface area contributed by atoms with E-state index in [1.165, 1.54) is 0 Å². The van der Waals surface area contributed by atoms with Gasteiger partial charge in [-0.25, -0.2) is 0 Å². The van der Waals surface area contributed by atoms with Crippen LogP contribution in [0.5, 0.6) is 11.5 Å². The Morgan fingerprint density at radius 1 is 0.923 bits per heavy atom. The number of amides is 1. The maximum atomic E-state index is 12.3. The van der Waals surface area contributed by atoms with Gasteiger partial charge in [-0.05, 0) is 48.5 Å². The highest BCUT2D eigenvalue weighted by Crippen LogP contribution is 2.17. The number of rotatable bonds is 10. The number of carbonyl (C=O) groups excluding carboxylic acids is 1. The topological polar surface area (TPSA) is 82.8 Å². The summed E-state index contributed by atoms with van der Waals surface area (Å²) in [6.07, 6.45) is 0.823. The van der Waals surface area contributed by atoms with E-state index < -0.39 is 0 Å². The first-order valence-electron chi connectivity index (χ1n) is 8.19. The molecule has 6 nitrogen and oxygen atoms in total. The van der Waals surface area contributed by atoms with Gasteiger partial charge in [0.25, 0.3) is 5.91 Å². The molecule has 3 N–H and O–H groups in total. The molecule has 0 fully saturated rings. The molecule has 0 heterocycles. The number of hydrogen-bond donors (Lipinski definition) is 2. The van der Waals surface area contributed by atoms with Crippen molar-refractivity contribution < 1.29 is 19.0 Å². The molecule has 0 aliphatic heterocycles. The lowest BCUT2D eigenvalue weighted by Gasteiger charge is -2.09. The molecule has 2 aromatic carbocycles. The van der Waals surface area contributed by atoms with Gasteiger partial charge in [-0.3, -0.25) is 4.79 Å². The number of nitrogens with one attached hydrogen (secondary N) is 1. The summed E-state index contributed by atoms with van der Waals surface area (Å²) in [4.78, 5) is 12.3. The third-order valence-electron chi connectivity index (χ3n) is 3.38. The molecule has 0 aromatic heterocycles. The SMILES string of the molecule is COCCCOc1ccc(C(=O)Nc2ccc(OCCN)cc2)cc1.Cl. The van der Waals surface area contributed by atoms with Gasteiger partial charge in [0.1, 0.15) is 18.1 Å². The molecule has 0 saturated carbocycles. The van der Waals surface area contributed by atoms with Crippen molar-refractivity contribution in [3.8, 4) is 11.5 Å². The van der Waals surface area contributed by atoms with E-state index in [0.717, 1.165) is 17.9 Å². The number of anilines is 1. The third kappa shape index (κ3) is 7.31. The van der Waals surface area contributed by atoms with Crippen LogP contribution in [0.4, 0.5) is 5.69 Å². The van der Waals surface area contributed by atoms with E-state index in [4.69, 9.17) is 19.9 Å². The highest BCUT2D eigenvalue weighted by Gasteiger charge is 2.06. The summed E-state index contributed by atoms with van der Waals surface area (Å²) < 4.78 is 15.9. The summed E-state index contributed by atoms with van der Waals surface area (Å²) in [5.74, 6) is 1.27. The predicted molar refractivity (Wildman–Crippen MR) is 105 cm³/mol. The van der Waals surface area contributed by atoms with Crippen LogP contribution in [0.25, 0.3) is 0 Å². The molecule has 0 unspecified atom stereocenters. The quantitative estimate of drug-likeness (QED) is 0.619. The highest BCUT2D eigenvalue weighted by atomic mass is 35.5. The number of hydrogen-bond acceptors (Lipinski definition) is 5. The second kappa shape index (κ2) is 12.1. The minimum atomic E-state index is -0.179. The largest absolute Gasteiger partial charge is 0.494 e. The first-order chi connectivity index (χ1) is 12.2. The van der Waals surface area contributed by atoms with Crippen LogP contribution < -0.4 is 20.5 Å². The fourth-order valence-electron chi connectivity index (χ4n) is 2.11. The molecule has 142 valence electrons. The molecule has 0 bridgehead atoms. The van der Waals surface area contributed by atoms with Crippen LogP contribution in [0.2, 0.25) is 0 Å². The second-order valence-corrected chi connectivity index (χ2v) is 5.33. The summed E-state index contributed by atoms with van der Waals surface area (Å²) in [5, 5.41) is 2.84. The van der Waals surface area contributed by atoms with Crippen LogP contribution in [0.15, 0.2) is 48.5 Å². The number of benzene rings is 2. The number of ether oxygens (including phenoxy) is 3. The average Bonchev–Trinajstić information content (AvgIpc) is 2.65. The molecule has 0 atom stereocenters. The van der Waals surface area contributed by atoms with E-state index in [1.54, 1.807) is 55.6 Å². The first kappa shape index (κ1) is 21.8. The second-order valence-electron chi connectivity index (χ2n) is 5.33. The number of methoxy groups -OCH3 is 1. The lowest BCUT2D eigenvalue weighted by atomic mass is 10.2. The van der Waals surface area contributed by atoms with Crippen molar-refractivity contribution in [3.05, 3.63) is 54.1 Å². The smallest absolute Gasteiger partial charge is 0.255 e. The highest BCUT2D eigenvalue weighted by molar-refractivity contribution is 6.04. The maximum Gasteiger partial charge on any atom is 0.255 e. The van der Waals surface area contributed by atoms with Gasteiger partial charge in [0.05, 0.1) is 6.61 Å². The van der Waals surface area contributed by atoms with Crippen molar-refractivity contribution in [3.63, 3.8) is 0 Å². The molecular weight excluding hydrogens is 356 g/mol. The first-order valence-corrected chi connectivity index (χ1v) is 8.19. The van der Waals surface area contributed by atoms with Crippen LogP contribution in [-0.4, -0.2) is 39.4 Å². The van der Waals surface area contributed by atoms with Crippen LogP contribution >= 0.6 is 12.4 Å². The van der Waals surface area contributed by atoms with Crippen LogP contribution in [0, 0.1) is 0 Å². The van der Waals surface area contributed by atoms with Gasteiger partial charge in [0.2, 0.25) is 0 Å². The molecule has 2 rings (SSSR count). The lowest BCUT2D eigenvalue weighted by Crippen LogP contribution is -2.12. The van der Waals surface area contributed by atoms with Gasteiger partial charge in [-0.1, -0.05) is 0 Å². The normalized spacial score (nSPS) is 9.92. The van der Waals surface area contributed by atoms with Crippen molar-refractivity contribution in [1.29, 1.82) is 0 Å². The molecule has 7 heteroatoms. The predicted octanol–water partition coefficient (Wildman–Crippen LogP) is 3.11. The molecule has 1 amide bonds. The van der Waals surface area contributed by atoms with E-state index in [-0.39, 0.29) is 18.3 Å². The Morgan fingerprint density at radius 3 is 2.08 bits per heavy atom. The standard InChI is InChI=1S/C19H24N2O4.ClH/c1-23-12-2-13-24-17-7-3-15(4-8-17)19(22)21-16-5-9-18(10-6-16)25-14-11-20;/h3-10H,2,11-14,20H2,1H3,(H,21,22);1H. The van der Waals surface area contributed by atoms with E-state index in [1.807, 2.05) is 0 Å². The van der Waals surface area contributed by atoms with Gasteiger partial charge < -0.3 is 25.3 Å². The maximum absolute atomic E-state index is 12.3. The number of halogens is 1. The van der Waals surface area contributed by atoms with Crippen molar-refractivity contribution in [2.45, 2.75) is 6.42 Å². The third-order valence-corrected chi connectivity index (χ3v) is 3.38. The van der Waals surface area contributed by atoms with Gasteiger partial charge in [-0.2, -0.15) is 0 Å². The zero-order chi connectivity index (χ0) is 17.9. The number of carbonyl (C=O) groups is 1. The van der Waals surface area contributed by atoms with Crippen molar-refractivity contribution in [2.24, 2.45) is 5.73 Å². The Balaban J connectivity index is 0.00000338. The van der Waals surface area contributed by atoms with Gasteiger partial charge in [0, 0.05) is 37.9 Å². The zero-order valence-electron chi connectivity index (χ0n) is 14.8. The summed E-state index contributed by atoms with van der Waals surface area (Å²) in [5.41, 5.74) is 6.65. The molecule has 0 aliphatic carbocycles. The molecule has 2 aromatic rings. The fourth-order valence-corrected chi connectivity index (χ4v) is 2.11. The molecule has 26 heavy (non-hydrogen) atoms.